The number of anilines is 2. The highest BCUT2D eigenvalue weighted by atomic mass is 19.1. The van der Waals surface area contributed by atoms with Crippen molar-refractivity contribution in [2.75, 3.05) is 10.6 Å². The number of carbonyl (C=O) groups is 2. The summed E-state index contributed by atoms with van der Waals surface area (Å²) in [4.78, 5) is 24.5. The van der Waals surface area contributed by atoms with Crippen LogP contribution >= 0.6 is 0 Å². The Morgan fingerprint density at radius 3 is 2.63 bits per heavy atom. The molecule has 8 heteroatoms. The summed E-state index contributed by atoms with van der Waals surface area (Å²) in [7, 11) is 0. The summed E-state index contributed by atoms with van der Waals surface area (Å²) in [6, 6.07) is 10.8. The second-order valence-electron chi connectivity index (χ2n) is 7.08. The number of aryl methyl sites for hydroxylation is 2. The largest absolute Gasteiger partial charge is 0.477 e. The van der Waals surface area contributed by atoms with E-state index in [9.17, 15) is 19.1 Å². The van der Waals surface area contributed by atoms with Crippen LogP contribution in [0.3, 0.4) is 0 Å². The number of hydrogen-bond donors (Lipinski definition) is 3. The van der Waals surface area contributed by atoms with Crippen LogP contribution in [0.2, 0.25) is 0 Å². The molecule has 1 amide bonds. The van der Waals surface area contributed by atoms with E-state index in [4.69, 9.17) is 0 Å². The summed E-state index contributed by atoms with van der Waals surface area (Å²) >= 11 is 0. The molecule has 3 N–H and O–H groups in total. The molecule has 4 rings (SSSR count). The lowest BCUT2D eigenvalue weighted by atomic mass is 10.0. The van der Waals surface area contributed by atoms with Crippen LogP contribution in [0.4, 0.5) is 15.9 Å². The summed E-state index contributed by atoms with van der Waals surface area (Å²) in [6.45, 7) is 3.92. The average molecular weight is 406 g/mol. The Hall–Kier alpha value is -3.94. The Balaban J connectivity index is 1.73. The van der Waals surface area contributed by atoms with Crippen molar-refractivity contribution in [3.05, 3.63) is 88.5 Å². The average Bonchev–Trinajstić information content (AvgIpc) is 3.15. The van der Waals surface area contributed by atoms with Gasteiger partial charge in [-0.25, -0.2) is 13.9 Å². The first kappa shape index (κ1) is 19.4. The number of hydrogen-bond acceptors (Lipinski definition) is 4. The SMILES string of the molecule is Cc1ccc(NC(=O)c2cnn3c2NC(C(=O)O)=CC3c2ccccc2F)cc1C. The third-order valence-electron chi connectivity index (χ3n) is 5.10. The number of halogens is 1. The van der Waals surface area contributed by atoms with Crippen molar-refractivity contribution in [1.82, 2.24) is 9.78 Å². The maximum atomic E-state index is 14.4. The van der Waals surface area contributed by atoms with Crippen LogP contribution in [-0.4, -0.2) is 26.8 Å². The fraction of sp³-hybridized carbons (Fsp3) is 0.136. The van der Waals surface area contributed by atoms with Gasteiger partial charge in [-0.2, -0.15) is 5.10 Å². The Labute approximate surface area is 171 Å². The number of benzene rings is 2. The van der Waals surface area contributed by atoms with Gasteiger partial charge in [0.15, 0.2) is 0 Å². The summed E-state index contributed by atoms with van der Waals surface area (Å²) in [6.07, 6.45) is 2.71. The van der Waals surface area contributed by atoms with E-state index in [-0.39, 0.29) is 22.6 Å². The van der Waals surface area contributed by atoms with Crippen molar-refractivity contribution in [3.63, 3.8) is 0 Å². The molecule has 1 aliphatic heterocycles. The number of amides is 1. The minimum absolute atomic E-state index is 0.154. The van der Waals surface area contributed by atoms with Crippen molar-refractivity contribution in [2.24, 2.45) is 0 Å². The van der Waals surface area contributed by atoms with E-state index in [0.29, 0.717) is 5.69 Å². The summed E-state index contributed by atoms with van der Waals surface area (Å²) in [5.41, 5.74) is 2.99. The second kappa shape index (κ2) is 7.47. The van der Waals surface area contributed by atoms with Crippen LogP contribution in [-0.2, 0) is 4.79 Å². The van der Waals surface area contributed by atoms with Gasteiger partial charge in [0.2, 0.25) is 0 Å². The van der Waals surface area contributed by atoms with Crippen molar-refractivity contribution >= 4 is 23.4 Å². The van der Waals surface area contributed by atoms with E-state index < -0.39 is 23.7 Å². The molecule has 1 unspecified atom stereocenters. The standard InChI is InChI=1S/C22H19FN4O3/c1-12-7-8-14(9-13(12)2)25-21(28)16-11-24-27-19(15-5-3-4-6-17(15)23)10-18(22(29)30)26-20(16)27/h3-11,19,26H,1-2H3,(H,25,28)(H,29,30). The lowest BCUT2D eigenvalue weighted by Crippen LogP contribution is -2.26. The van der Waals surface area contributed by atoms with Gasteiger partial charge in [0.25, 0.3) is 5.91 Å². The topological polar surface area (TPSA) is 96.3 Å². The molecule has 0 radical (unpaired) electrons. The number of rotatable bonds is 4. The zero-order chi connectivity index (χ0) is 21.4. The van der Waals surface area contributed by atoms with Gasteiger partial charge in [0.05, 0.1) is 6.20 Å². The first-order valence-electron chi connectivity index (χ1n) is 9.28. The molecule has 1 aliphatic rings. The van der Waals surface area contributed by atoms with Gasteiger partial charge in [-0.1, -0.05) is 24.3 Å². The number of carboxylic acid groups (broad SMARTS) is 1. The van der Waals surface area contributed by atoms with E-state index in [1.807, 2.05) is 26.0 Å². The van der Waals surface area contributed by atoms with Crippen molar-refractivity contribution in [1.29, 1.82) is 0 Å². The molecule has 1 atom stereocenters. The molecule has 0 saturated heterocycles. The van der Waals surface area contributed by atoms with E-state index >= 15 is 0 Å². The minimum Gasteiger partial charge on any atom is -0.477 e. The van der Waals surface area contributed by atoms with Gasteiger partial charge < -0.3 is 15.7 Å². The Morgan fingerprint density at radius 1 is 1.17 bits per heavy atom. The molecule has 152 valence electrons. The third kappa shape index (κ3) is 3.43. The maximum absolute atomic E-state index is 14.4. The van der Waals surface area contributed by atoms with E-state index in [1.165, 1.54) is 23.0 Å². The molecule has 0 spiro atoms. The number of nitrogens with zero attached hydrogens (tertiary/aromatic N) is 2. The first-order valence-corrected chi connectivity index (χ1v) is 9.28. The van der Waals surface area contributed by atoms with Gasteiger partial charge in [-0.15, -0.1) is 0 Å². The molecule has 2 aromatic carbocycles. The molecule has 0 bridgehead atoms. The number of aromatic nitrogens is 2. The highest BCUT2D eigenvalue weighted by Crippen LogP contribution is 2.33. The predicted octanol–water partition coefficient (Wildman–Crippen LogP) is 3.87. The second-order valence-corrected chi connectivity index (χ2v) is 7.08. The number of carbonyl (C=O) groups excluding carboxylic acids is 1. The minimum atomic E-state index is -1.22. The van der Waals surface area contributed by atoms with Crippen LogP contribution in [0, 0.1) is 19.7 Å². The number of allylic oxidation sites excluding steroid dienone is 1. The van der Waals surface area contributed by atoms with E-state index in [2.05, 4.69) is 15.7 Å². The van der Waals surface area contributed by atoms with Gasteiger partial charge in [0, 0.05) is 11.3 Å². The van der Waals surface area contributed by atoms with Crippen molar-refractivity contribution in [3.8, 4) is 0 Å². The highest BCUT2D eigenvalue weighted by Gasteiger charge is 2.30. The zero-order valence-electron chi connectivity index (χ0n) is 16.3. The predicted molar refractivity (Wildman–Crippen MR) is 110 cm³/mol. The number of fused-ring (bicyclic) bond motifs is 1. The quantitative estimate of drug-likeness (QED) is 0.611. The normalized spacial score (nSPS) is 15.0. The fourth-order valence-corrected chi connectivity index (χ4v) is 3.34. The summed E-state index contributed by atoms with van der Waals surface area (Å²) in [5, 5.41) is 19.3. The van der Waals surface area contributed by atoms with Gasteiger partial charge in [-0.05, 0) is 49.2 Å². The van der Waals surface area contributed by atoms with Crippen molar-refractivity contribution < 1.29 is 19.1 Å². The molecular formula is C22H19FN4O3. The van der Waals surface area contributed by atoms with Crippen LogP contribution < -0.4 is 10.6 Å². The lowest BCUT2D eigenvalue weighted by Gasteiger charge is -2.24. The van der Waals surface area contributed by atoms with Crippen LogP contribution in [0.25, 0.3) is 0 Å². The Kier molecular flexibility index (Phi) is 4.83. The molecule has 1 aromatic heterocycles. The summed E-state index contributed by atoms with van der Waals surface area (Å²) in [5.74, 6) is -1.98. The van der Waals surface area contributed by atoms with Crippen LogP contribution in [0.15, 0.2) is 60.4 Å². The van der Waals surface area contributed by atoms with E-state index in [1.54, 1.807) is 24.3 Å². The highest BCUT2D eigenvalue weighted by molar-refractivity contribution is 6.08. The number of carboxylic acids is 1. The maximum Gasteiger partial charge on any atom is 0.352 e. The monoisotopic (exact) mass is 406 g/mol. The number of nitrogens with one attached hydrogen (secondary N) is 2. The smallest absolute Gasteiger partial charge is 0.352 e. The van der Waals surface area contributed by atoms with Gasteiger partial charge >= 0.3 is 5.97 Å². The van der Waals surface area contributed by atoms with Crippen LogP contribution in [0.1, 0.15) is 33.1 Å². The van der Waals surface area contributed by atoms with E-state index in [0.717, 1.165) is 11.1 Å². The van der Waals surface area contributed by atoms with Gasteiger partial charge in [0.1, 0.15) is 28.9 Å². The van der Waals surface area contributed by atoms with Crippen molar-refractivity contribution in [2.45, 2.75) is 19.9 Å². The van der Waals surface area contributed by atoms with Crippen LogP contribution in [0.5, 0.6) is 0 Å². The third-order valence-corrected chi connectivity index (χ3v) is 5.10. The lowest BCUT2D eigenvalue weighted by molar-refractivity contribution is -0.132. The first-order chi connectivity index (χ1) is 14.3. The molecule has 2 heterocycles. The molecular weight excluding hydrogens is 387 g/mol. The molecule has 3 aromatic rings. The zero-order valence-corrected chi connectivity index (χ0v) is 16.3. The molecule has 0 aliphatic carbocycles. The Morgan fingerprint density at radius 2 is 1.93 bits per heavy atom. The van der Waals surface area contributed by atoms with Gasteiger partial charge in [-0.3, -0.25) is 4.79 Å². The number of aliphatic carboxylic acids is 1. The molecule has 0 saturated carbocycles. The molecule has 30 heavy (non-hydrogen) atoms. The fourth-order valence-electron chi connectivity index (χ4n) is 3.34. The molecule has 7 nitrogen and oxygen atoms in total. The molecule has 0 fully saturated rings. The Bertz CT molecular complexity index is 1200. The summed E-state index contributed by atoms with van der Waals surface area (Å²) < 4.78 is 15.8.